The van der Waals surface area contributed by atoms with E-state index < -0.39 is 17.5 Å². The Labute approximate surface area is 118 Å². The van der Waals surface area contributed by atoms with Gasteiger partial charge in [-0.05, 0) is 6.42 Å². The van der Waals surface area contributed by atoms with Gasteiger partial charge in [0.15, 0.2) is 0 Å². The molecule has 3 rings (SSSR count). The SMILES string of the molecule is O=C1NC(=O)C2(CCN(C(=O)c3cncc(Cl)n3)C2)N1. The van der Waals surface area contributed by atoms with Crippen LogP contribution in [-0.2, 0) is 4.79 Å². The van der Waals surface area contributed by atoms with Crippen LogP contribution in [0.5, 0.6) is 0 Å². The summed E-state index contributed by atoms with van der Waals surface area (Å²) in [5.74, 6) is -0.777. The topological polar surface area (TPSA) is 104 Å². The Kier molecular flexibility index (Phi) is 2.82. The van der Waals surface area contributed by atoms with E-state index in [0.29, 0.717) is 13.0 Å². The van der Waals surface area contributed by atoms with E-state index in [1.165, 1.54) is 17.3 Å². The highest BCUT2D eigenvalue weighted by molar-refractivity contribution is 6.29. The number of urea groups is 1. The molecule has 2 aliphatic rings. The van der Waals surface area contributed by atoms with Gasteiger partial charge in [-0.3, -0.25) is 19.9 Å². The minimum absolute atomic E-state index is 0.109. The van der Waals surface area contributed by atoms with Gasteiger partial charge in [0.25, 0.3) is 11.8 Å². The first-order chi connectivity index (χ1) is 9.50. The molecule has 9 heteroatoms. The van der Waals surface area contributed by atoms with E-state index in [1.807, 2.05) is 0 Å². The van der Waals surface area contributed by atoms with Crippen LogP contribution in [0.1, 0.15) is 16.9 Å². The molecule has 1 aromatic rings. The second-order valence-corrected chi connectivity index (χ2v) is 5.08. The Hall–Kier alpha value is -2.22. The lowest BCUT2D eigenvalue weighted by molar-refractivity contribution is -0.123. The molecule has 4 amide bonds. The summed E-state index contributed by atoms with van der Waals surface area (Å²) < 4.78 is 0. The first-order valence-electron chi connectivity index (χ1n) is 5.91. The molecular weight excluding hydrogens is 286 g/mol. The summed E-state index contributed by atoms with van der Waals surface area (Å²) in [6.45, 7) is 0.457. The Morgan fingerprint density at radius 3 is 2.85 bits per heavy atom. The zero-order chi connectivity index (χ0) is 14.3. The zero-order valence-electron chi connectivity index (χ0n) is 10.2. The highest BCUT2D eigenvalue weighted by atomic mass is 35.5. The fourth-order valence-corrected chi connectivity index (χ4v) is 2.55. The Morgan fingerprint density at radius 2 is 2.20 bits per heavy atom. The number of halogens is 1. The van der Waals surface area contributed by atoms with Crippen molar-refractivity contribution in [3.63, 3.8) is 0 Å². The molecule has 2 aliphatic heterocycles. The molecular formula is C11H10ClN5O3. The molecule has 3 heterocycles. The quantitative estimate of drug-likeness (QED) is 0.683. The van der Waals surface area contributed by atoms with Gasteiger partial charge in [-0.15, -0.1) is 0 Å². The van der Waals surface area contributed by atoms with Crippen LogP contribution in [0.25, 0.3) is 0 Å². The van der Waals surface area contributed by atoms with Crippen molar-refractivity contribution in [3.8, 4) is 0 Å². The van der Waals surface area contributed by atoms with Crippen LogP contribution in [-0.4, -0.2) is 51.3 Å². The lowest BCUT2D eigenvalue weighted by Crippen LogP contribution is -2.49. The summed E-state index contributed by atoms with van der Waals surface area (Å²) in [4.78, 5) is 44.4. The molecule has 20 heavy (non-hydrogen) atoms. The van der Waals surface area contributed by atoms with Crippen molar-refractivity contribution in [2.75, 3.05) is 13.1 Å². The van der Waals surface area contributed by atoms with Crippen molar-refractivity contribution < 1.29 is 14.4 Å². The Bertz CT molecular complexity index is 622. The van der Waals surface area contributed by atoms with Gasteiger partial charge in [0.05, 0.1) is 18.9 Å². The molecule has 0 saturated carbocycles. The first kappa shape index (κ1) is 12.8. The third kappa shape index (κ3) is 1.97. The van der Waals surface area contributed by atoms with Crippen LogP contribution in [0.15, 0.2) is 12.4 Å². The number of likely N-dealkylation sites (tertiary alicyclic amines) is 1. The molecule has 104 valence electrons. The fraction of sp³-hybridized carbons (Fsp3) is 0.364. The molecule has 0 bridgehead atoms. The molecule has 0 aromatic carbocycles. The lowest BCUT2D eigenvalue weighted by Gasteiger charge is -2.20. The highest BCUT2D eigenvalue weighted by Crippen LogP contribution is 2.25. The molecule has 2 fully saturated rings. The summed E-state index contributed by atoms with van der Waals surface area (Å²) >= 11 is 5.69. The van der Waals surface area contributed by atoms with Gasteiger partial charge in [-0.2, -0.15) is 0 Å². The van der Waals surface area contributed by atoms with Gasteiger partial charge in [0, 0.05) is 6.54 Å². The van der Waals surface area contributed by atoms with Gasteiger partial charge in [-0.25, -0.2) is 9.78 Å². The van der Waals surface area contributed by atoms with Crippen molar-refractivity contribution in [1.29, 1.82) is 0 Å². The zero-order valence-corrected chi connectivity index (χ0v) is 11.0. The van der Waals surface area contributed by atoms with E-state index in [-0.39, 0.29) is 23.3 Å². The standard InChI is InChI=1S/C11H10ClN5O3/c12-7-4-13-3-6(14-7)8(18)17-2-1-11(5-17)9(19)15-10(20)16-11/h3-4H,1-2,5H2,(H2,15,16,19,20). The van der Waals surface area contributed by atoms with E-state index in [1.54, 1.807) is 0 Å². The third-order valence-corrected chi connectivity index (χ3v) is 3.58. The van der Waals surface area contributed by atoms with E-state index in [4.69, 9.17) is 11.6 Å². The van der Waals surface area contributed by atoms with Crippen LogP contribution in [0.3, 0.4) is 0 Å². The smallest absolute Gasteiger partial charge is 0.322 e. The van der Waals surface area contributed by atoms with E-state index in [2.05, 4.69) is 20.6 Å². The second kappa shape index (κ2) is 4.41. The van der Waals surface area contributed by atoms with E-state index in [0.717, 1.165) is 0 Å². The number of hydrogen-bond donors (Lipinski definition) is 2. The van der Waals surface area contributed by atoms with Crippen LogP contribution in [0, 0.1) is 0 Å². The number of nitrogens with one attached hydrogen (secondary N) is 2. The molecule has 2 saturated heterocycles. The Morgan fingerprint density at radius 1 is 1.40 bits per heavy atom. The van der Waals surface area contributed by atoms with Crippen LogP contribution in [0.2, 0.25) is 5.15 Å². The molecule has 0 aliphatic carbocycles. The molecule has 0 radical (unpaired) electrons. The van der Waals surface area contributed by atoms with Crippen molar-refractivity contribution in [1.82, 2.24) is 25.5 Å². The predicted molar refractivity (Wildman–Crippen MR) is 67.0 cm³/mol. The van der Waals surface area contributed by atoms with Crippen LogP contribution < -0.4 is 10.6 Å². The summed E-state index contributed by atoms with van der Waals surface area (Å²) in [6.07, 6.45) is 3.01. The summed E-state index contributed by atoms with van der Waals surface area (Å²) in [6, 6.07) is -0.535. The number of amides is 4. The van der Waals surface area contributed by atoms with E-state index >= 15 is 0 Å². The maximum absolute atomic E-state index is 12.2. The van der Waals surface area contributed by atoms with Crippen molar-refractivity contribution >= 4 is 29.4 Å². The molecule has 1 unspecified atom stereocenters. The molecule has 8 nitrogen and oxygen atoms in total. The summed E-state index contributed by atoms with van der Waals surface area (Å²) in [5.41, 5.74) is -0.919. The van der Waals surface area contributed by atoms with Crippen molar-refractivity contribution in [3.05, 3.63) is 23.2 Å². The number of carbonyl (C=O) groups excluding carboxylic acids is 3. The number of carbonyl (C=O) groups is 3. The third-order valence-electron chi connectivity index (χ3n) is 3.40. The van der Waals surface area contributed by atoms with Crippen molar-refractivity contribution in [2.24, 2.45) is 0 Å². The van der Waals surface area contributed by atoms with Crippen LogP contribution >= 0.6 is 11.6 Å². The minimum atomic E-state index is -1.03. The normalized spacial score (nSPS) is 24.9. The monoisotopic (exact) mass is 295 g/mol. The maximum atomic E-state index is 12.2. The number of nitrogens with zero attached hydrogens (tertiary/aromatic N) is 3. The van der Waals surface area contributed by atoms with Gasteiger partial charge in [-0.1, -0.05) is 11.6 Å². The predicted octanol–water partition coefficient (Wildman–Crippen LogP) is -0.446. The summed E-state index contributed by atoms with van der Waals surface area (Å²) in [5, 5.41) is 4.87. The number of imide groups is 1. The largest absolute Gasteiger partial charge is 0.334 e. The maximum Gasteiger partial charge on any atom is 0.322 e. The van der Waals surface area contributed by atoms with Gasteiger partial charge < -0.3 is 10.2 Å². The second-order valence-electron chi connectivity index (χ2n) is 4.69. The van der Waals surface area contributed by atoms with Crippen molar-refractivity contribution in [2.45, 2.75) is 12.0 Å². The van der Waals surface area contributed by atoms with E-state index in [9.17, 15) is 14.4 Å². The number of hydrogen-bond acceptors (Lipinski definition) is 5. The number of rotatable bonds is 1. The fourth-order valence-electron chi connectivity index (χ4n) is 2.41. The van der Waals surface area contributed by atoms with Crippen LogP contribution in [0.4, 0.5) is 4.79 Å². The molecule has 1 atom stereocenters. The molecule has 1 spiro atoms. The average molecular weight is 296 g/mol. The lowest BCUT2D eigenvalue weighted by atomic mass is 10.00. The highest BCUT2D eigenvalue weighted by Gasteiger charge is 2.51. The number of aromatic nitrogens is 2. The average Bonchev–Trinajstić information content (AvgIpc) is 2.94. The Balaban J connectivity index is 1.79. The first-order valence-corrected chi connectivity index (χ1v) is 6.28. The van der Waals surface area contributed by atoms with Gasteiger partial charge in [0.2, 0.25) is 0 Å². The minimum Gasteiger partial charge on any atom is -0.334 e. The molecule has 1 aromatic heterocycles. The molecule has 2 N–H and O–H groups in total. The van der Waals surface area contributed by atoms with Gasteiger partial charge in [0.1, 0.15) is 16.4 Å². The van der Waals surface area contributed by atoms with Gasteiger partial charge >= 0.3 is 6.03 Å². The summed E-state index contributed by atoms with van der Waals surface area (Å²) in [7, 11) is 0.